The van der Waals surface area contributed by atoms with Crippen LogP contribution < -0.4 is 5.32 Å². The summed E-state index contributed by atoms with van der Waals surface area (Å²) in [5.74, 6) is -0.478. The Morgan fingerprint density at radius 2 is 1.96 bits per heavy atom. The number of rotatable bonds is 5. The van der Waals surface area contributed by atoms with Crippen molar-refractivity contribution in [3.63, 3.8) is 0 Å². The largest absolute Gasteiger partial charge is 0.316 e. The minimum absolute atomic E-state index is 0.0200. The molecular weight excluding hydrogens is 353 g/mol. The molecule has 0 aliphatic heterocycles. The molecule has 1 heterocycles. The predicted molar refractivity (Wildman–Crippen MR) is 96.3 cm³/mol. The van der Waals surface area contributed by atoms with Crippen molar-refractivity contribution in [2.75, 3.05) is 6.98 Å². The maximum Gasteiger partial charge on any atom is 0.269 e. The molecule has 0 spiro atoms. The lowest BCUT2D eigenvalue weighted by Crippen LogP contribution is -2.15. The van der Waals surface area contributed by atoms with Gasteiger partial charge in [-0.3, -0.25) is 0 Å². The Morgan fingerprint density at radius 1 is 1.23 bits per heavy atom. The van der Waals surface area contributed by atoms with Crippen molar-refractivity contribution in [3.05, 3.63) is 77.7 Å². The van der Waals surface area contributed by atoms with Crippen LogP contribution in [-0.2, 0) is 16.6 Å². The molecule has 0 saturated heterocycles. The summed E-state index contributed by atoms with van der Waals surface area (Å²) in [5.41, 5.74) is 1.02. The van der Waals surface area contributed by atoms with Crippen molar-refractivity contribution >= 4 is 10.0 Å². The fourth-order valence-electron chi connectivity index (χ4n) is 2.62. The van der Waals surface area contributed by atoms with Crippen LogP contribution in [0.25, 0.3) is 11.3 Å². The van der Waals surface area contributed by atoms with Crippen molar-refractivity contribution < 1.29 is 16.9 Å². The Bertz CT molecular complexity index is 1180. The monoisotopic (exact) mass is 372 g/mol. The van der Waals surface area contributed by atoms with Gasteiger partial charge in [-0.15, -0.1) is 0 Å². The van der Waals surface area contributed by atoms with E-state index in [1.807, 2.05) is 6.07 Å². The molecule has 132 valence electrons. The minimum Gasteiger partial charge on any atom is -0.316 e. The Hall–Kier alpha value is -2.95. The molecule has 0 aliphatic carbocycles. The highest BCUT2D eigenvalue weighted by atomic mass is 32.2. The van der Waals surface area contributed by atoms with Crippen LogP contribution in [0, 0.1) is 17.1 Å². The summed E-state index contributed by atoms with van der Waals surface area (Å²) in [6.45, 7) is -2.50. The van der Waals surface area contributed by atoms with E-state index in [9.17, 15) is 18.1 Å². The van der Waals surface area contributed by atoms with Gasteiger partial charge in [-0.05, 0) is 60.6 Å². The lowest BCUT2D eigenvalue weighted by molar-refractivity contribution is 0.587. The second-order valence-corrected chi connectivity index (χ2v) is 7.29. The third-order valence-corrected chi connectivity index (χ3v) is 5.55. The van der Waals surface area contributed by atoms with E-state index in [0.717, 1.165) is 3.97 Å². The molecule has 0 radical (unpaired) electrons. The Morgan fingerprint density at radius 3 is 2.65 bits per heavy atom. The van der Waals surface area contributed by atoms with Crippen molar-refractivity contribution in [1.82, 2.24) is 9.29 Å². The van der Waals surface area contributed by atoms with Crippen molar-refractivity contribution in [1.29, 1.82) is 5.26 Å². The van der Waals surface area contributed by atoms with Gasteiger partial charge in [-0.2, -0.15) is 5.26 Å². The van der Waals surface area contributed by atoms with Gasteiger partial charge < -0.3 is 5.32 Å². The number of nitrogens with one attached hydrogen (secondary N) is 1. The highest BCUT2D eigenvalue weighted by Gasteiger charge is 2.24. The first-order chi connectivity index (χ1) is 13.6. The number of nitrogens with zero attached hydrogens (tertiary/aromatic N) is 2. The van der Waals surface area contributed by atoms with Gasteiger partial charge in [0.2, 0.25) is 0 Å². The van der Waals surface area contributed by atoms with E-state index in [1.165, 1.54) is 54.7 Å². The molecule has 3 rings (SSSR count). The van der Waals surface area contributed by atoms with E-state index in [-0.39, 0.29) is 22.7 Å². The van der Waals surface area contributed by atoms with Crippen LogP contribution in [0.5, 0.6) is 0 Å². The van der Waals surface area contributed by atoms with Crippen molar-refractivity contribution in [2.24, 2.45) is 0 Å². The summed E-state index contributed by atoms with van der Waals surface area (Å²) in [5, 5.41) is 11.6. The average molecular weight is 372 g/mol. The van der Waals surface area contributed by atoms with Crippen LogP contribution >= 0.6 is 0 Å². The second kappa shape index (κ2) is 7.12. The summed E-state index contributed by atoms with van der Waals surface area (Å²) in [4.78, 5) is -0.184. The molecule has 1 N–H and O–H groups in total. The maximum atomic E-state index is 13.3. The maximum absolute atomic E-state index is 13.3. The second-order valence-electron chi connectivity index (χ2n) is 5.50. The molecule has 0 bridgehead atoms. The highest BCUT2D eigenvalue weighted by Crippen LogP contribution is 2.28. The summed E-state index contributed by atoms with van der Waals surface area (Å²) in [6.07, 6.45) is 1.29. The molecule has 7 heteroatoms. The molecule has 5 nitrogen and oxygen atoms in total. The zero-order valence-electron chi connectivity index (χ0n) is 16.5. The van der Waals surface area contributed by atoms with Gasteiger partial charge in [0, 0.05) is 16.9 Å². The first-order valence-electron chi connectivity index (χ1n) is 9.09. The van der Waals surface area contributed by atoms with E-state index < -0.39 is 22.8 Å². The number of halogens is 1. The molecule has 0 amide bonds. The van der Waals surface area contributed by atoms with Crippen LogP contribution in [-0.4, -0.2) is 19.4 Å². The number of nitriles is 1. The minimum atomic E-state index is -4.17. The first-order valence-corrected chi connectivity index (χ1v) is 9.03. The van der Waals surface area contributed by atoms with Crippen molar-refractivity contribution in [3.8, 4) is 17.3 Å². The van der Waals surface area contributed by atoms with Crippen molar-refractivity contribution in [2.45, 2.75) is 11.4 Å². The van der Waals surface area contributed by atoms with Gasteiger partial charge in [-0.1, -0.05) is 12.1 Å². The van der Waals surface area contributed by atoms with E-state index >= 15 is 0 Å². The normalized spacial score (nSPS) is 13.5. The number of aromatic nitrogens is 1. The van der Waals surface area contributed by atoms with Crippen LogP contribution in [0.1, 0.15) is 15.2 Å². The van der Waals surface area contributed by atoms with Gasteiger partial charge in [0.05, 0.1) is 11.3 Å². The zero-order valence-corrected chi connectivity index (χ0v) is 14.3. The fraction of sp³-hybridized carbons (Fsp3) is 0.105. The molecule has 26 heavy (non-hydrogen) atoms. The van der Waals surface area contributed by atoms with Gasteiger partial charge in [0.25, 0.3) is 10.0 Å². The molecule has 3 aromatic rings. The standard InChI is InChI=1S/C19H16FN3O2S/c1-22-12-14-10-18(15-6-8-17(20)9-7-15)23(13-14)26(24,25)19-5-3-2-4-16(19)11-21/h2-10,13,22H,12H2,1H3/i1D3. The molecular formula is C19H16FN3O2S. The smallest absolute Gasteiger partial charge is 0.269 e. The molecule has 0 atom stereocenters. The third kappa shape index (κ3) is 3.25. The first kappa shape index (κ1) is 14.2. The highest BCUT2D eigenvalue weighted by molar-refractivity contribution is 7.90. The van der Waals surface area contributed by atoms with Crippen LogP contribution in [0.15, 0.2) is 65.7 Å². The zero-order chi connectivity index (χ0) is 21.2. The Kier molecular flexibility index (Phi) is 3.90. The van der Waals surface area contributed by atoms with E-state index in [2.05, 4.69) is 5.32 Å². The Balaban J connectivity index is 2.16. The molecule has 0 aliphatic rings. The van der Waals surface area contributed by atoms with E-state index in [0.29, 0.717) is 11.1 Å². The van der Waals surface area contributed by atoms with E-state index in [1.54, 1.807) is 6.07 Å². The number of hydrogen-bond donors (Lipinski definition) is 1. The summed E-state index contributed by atoms with van der Waals surface area (Å²) < 4.78 is 62.7. The number of hydrogen-bond acceptors (Lipinski definition) is 4. The lowest BCUT2D eigenvalue weighted by Gasteiger charge is -2.11. The van der Waals surface area contributed by atoms with Crippen LogP contribution in [0.3, 0.4) is 0 Å². The predicted octanol–water partition coefficient (Wildman–Crippen LogP) is 3.12. The summed E-state index contributed by atoms with van der Waals surface area (Å²) in [6, 6.07) is 14.4. The van der Waals surface area contributed by atoms with E-state index in [4.69, 9.17) is 4.11 Å². The summed E-state index contributed by atoms with van der Waals surface area (Å²) >= 11 is 0. The average Bonchev–Trinajstić information content (AvgIpc) is 3.12. The molecule has 0 fully saturated rings. The topological polar surface area (TPSA) is 74.9 Å². The van der Waals surface area contributed by atoms with Crippen LogP contribution in [0.4, 0.5) is 4.39 Å². The quantitative estimate of drug-likeness (QED) is 0.747. The van der Waals surface area contributed by atoms with Crippen LogP contribution in [0.2, 0.25) is 0 Å². The van der Waals surface area contributed by atoms with Gasteiger partial charge in [-0.25, -0.2) is 16.8 Å². The van der Waals surface area contributed by atoms with Gasteiger partial charge in [0.15, 0.2) is 0 Å². The molecule has 0 unspecified atom stereocenters. The lowest BCUT2D eigenvalue weighted by atomic mass is 10.1. The van der Waals surface area contributed by atoms with Gasteiger partial charge >= 0.3 is 0 Å². The molecule has 1 aromatic heterocycles. The van der Waals surface area contributed by atoms with Gasteiger partial charge in [0.1, 0.15) is 16.8 Å². The molecule has 0 saturated carbocycles. The summed E-state index contributed by atoms with van der Waals surface area (Å²) in [7, 11) is -4.17. The Labute approximate surface area is 155 Å². The fourth-order valence-corrected chi connectivity index (χ4v) is 4.16. The number of benzene rings is 2. The SMILES string of the molecule is [2H]C([2H])([2H])NCc1cc(-c2ccc(F)cc2)n(S(=O)(=O)c2ccccc2C#N)c1. The third-order valence-electron chi connectivity index (χ3n) is 3.82. The molecule has 2 aromatic carbocycles.